The van der Waals surface area contributed by atoms with Crippen LogP contribution >= 0.6 is 0 Å². The average Bonchev–Trinajstić information content (AvgIpc) is 3.40. The van der Waals surface area contributed by atoms with Crippen LogP contribution in [0.25, 0.3) is 0 Å². The number of hydrogen-bond acceptors (Lipinski definition) is 7. The molecule has 2 aliphatic rings. The standard InChI is InChI=1S/C17H22O7/c1-3-14(18)21-7-8-22-17(20)15-11(2)5-4-6-13(15)16(19)24-10-12-9-23-12/h3-4,6,11-13,15H,1,5,7-10H2,2H3. The second kappa shape index (κ2) is 8.63. The van der Waals surface area contributed by atoms with Gasteiger partial charge in [0.25, 0.3) is 0 Å². The van der Waals surface area contributed by atoms with Gasteiger partial charge in [-0.1, -0.05) is 25.7 Å². The highest BCUT2D eigenvalue weighted by atomic mass is 16.6. The minimum absolute atomic E-state index is 0.0242. The lowest BCUT2D eigenvalue weighted by atomic mass is 9.76. The third-order valence-corrected chi connectivity index (χ3v) is 3.95. The molecule has 0 N–H and O–H groups in total. The van der Waals surface area contributed by atoms with E-state index in [1.165, 1.54) is 0 Å². The monoisotopic (exact) mass is 338 g/mol. The van der Waals surface area contributed by atoms with Gasteiger partial charge in [-0.25, -0.2) is 4.79 Å². The topological polar surface area (TPSA) is 91.4 Å². The Morgan fingerprint density at radius 3 is 2.58 bits per heavy atom. The number of carbonyl (C=O) groups excluding carboxylic acids is 3. The van der Waals surface area contributed by atoms with Gasteiger partial charge in [0.1, 0.15) is 25.9 Å². The Hall–Kier alpha value is -2.15. The molecule has 7 nitrogen and oxygen atoms in total. The molecule has 0 aromatic rings. The Bertz CT molecular complexity index is 521. The highest BCUT2D eigenvalue weighted by Gasteiger charge is 2.40. The summed E-state index contributed by atoms with van der Waals surface area (Å²) in [5.74, 6) is -2.86. The minimum atomic E-state index is -0.671. The molecule has 1 aliphatic heterocycles. The summed E-state index contributed by atoms with van der Waals surface area (Å²) in [4.78, 5) is 35.5. The molecule has 0 aromatic carbocycles. The number of epoxide rings is 1. The maximum atomic E-state index is 12.3. The Balaban J connectivity index is 1.86. The van der Waals surface area contributed by atoms with Gasteiger partial charge in [-0.05, 0) is 12.3 Å². The van der Waals surface area contributed by atoms with Crippen LogP contribution in [0.15, 0.2) is 24.8 Å². The number of allylic oxidation sites excluding steroid dienone is 1. The van der Waals surface area contributed by atoms with E-state index in [-0.39, 0.29) is 31.8 Å². The molecule has 1 heterocycles. The van der Waals surface area contributed by atoms with Crippen molar-refractivity contribution in [1.82, 2.24) is 0 Å². The zero-order chi connectivity index (χ0) is 17.5. The van der Waals surface area contributed by atoms with Crippen molar-refractivity contribution in [1.29, 1.82) is 0 Å². The molecule has 132 valence electrons. The van der Waals surface area contributed by atoms with Crippen LogP contribution in [0.1, 0.15) is 13.3 Å². The first-order valence-electron chi connectivity index (χ1n) is 7.93. The van der Waals surface area contributed by atoms with Crippen molar-refractivity contribution in [3.63, 3.8) is 0 Å². The molecule has 0 radical (unpaired) electrons. The molecule has 0 bridgehead atoms. The minimum Gasteiger partial charge on any atom is -0.462 e. The lowest BCUT2D eigenvalue weighted by Crippen LogP contribution is -2.38. The molecule has 0 aromatic heterocycles. The largest absolute Gasteiger partial charge is 0.462 e. The average molecular weight is 338 g/mol. The summed E-state index contributed by atoms with van der Waals surface area (Å²) in [6, 6.07) is 0. The molecule has 1 aliphatic carbocycles. The van der Waals surface area contributed by atoms with Crippen LogP contribution in [0, 0.1) is 17.8 Å². The lowest BCUT2D eigenvalue weighted by Gasteiger charge is -2.29. The lowest BCUT2D eigenvalue weighted by molar-refractivity contribution is -0.163. The van der Waals surface area contributed by atoms with Crippen molar-refractivity contribution in [2.45, 2.75) is 19.4 Å². The van der Waals surface area contributed by atoms with Crippen molar-refractivity contribution in [3.8, 4) is 0 Å². The van der Waals surface area contributed by atoms with E-state index in [0.29, 0.717) is 13.0 Å². The van der Waals surface area contributed by atoms with Gasteiger partial charge in [-0.3, -0.25) is 9.59 Å². The van der Waals surface area contributed by atoms with Crippen molar-refractivity contribution in [2.75, 3.05) is 26.4 Å². The highest BCUT2D eigenvalue weighted by molar-refractivity contribution is 5.84. The molecule has 2 rings (SSSR count). The van der Waals surface area contributed by atoms with E-state index in [4.69, 9.17) is 18.9 Å². The number of carbonyl (C=O) groups is 3. The van der Waals surface area contributed by atoms with Crippen molar-refractivity contribution < 1.29 is 33.3 Å². The third-order valence-electron chi connectivity index (χ3n) is 3.95. The van der Waals surface area contributed by atoms with Crippen molar-refractivity contribution >= 4 is 17.9 Å². The first-order valence-corrected chi connectivity index (χ1v) is 7.93. The van der Waals surface area contributed by atoms with Gasteiger partial charge >= 0.3 is 17.9 Å². The SMILES string of the molecule is C=CC(=O)OCCOC(=O)C1C(C)CC=CC1C(=O)OCC1CO1. The second-order valence-electron chi connectivity index (χ2n) is 5.82. The molecule has 7 heteroatoms. The Morgan fingerprint density at radius 2 is 1.92 bits per heavy atom. The highest BCUT2D eigenvalue weighted by Crippen LogP contribution is 2.32. The van der Waals surface area contributed by atoms with Crippen molar-refractivity contribution in [3.05, 3.63) is 24.8 Å². The number of hydrogen-bond donors (Lipinski definition) is 0. The molecule has 0 amide bonds. The van der Waals surface area contributed by atoms with Crippen LogP contribution < -0.4 is 0 Å². The smallest absolute Gasteiger partial charge is 0.330 e. The van der Waals surface area contributed by atoms with Crippen molar-refractivity contribution in [2.24, 2.45) is 17.8 Å². The number of ether oxygens (including phenoxy) is 4. The summed E-state index contributed by atoms with van der Waals surface area (Å²) in [6.07, 6.45) is 5.26. The van der Waals surface area contributed by atoms with E-state index in [1.807, 2.05) is 13.0 Å². The summed E-state index contributed by atoms with van der Waals surface area (Å²) in [7, 11) is 0. The zero-order valence-electron chi connectivity index (χ0n) is 13.6. The fourth-order valence-electron chi connectivity index (χ4n) is 2.54. The van der Waals surface area contributed by atoms with Crippen LogP contribution in [0.4, 0.5) is 0 Å². The van der Waals surface area contributed by atoms with E-state index in [9.17, 15) is 14.4 Å². The van der Waals surface area contributed by atoms with E-state index < -0.39 is 29.7 Å². The Kier molecular flexibility index (Phi) is 6.54. The van der Waals surface area contributed by atoms with Gasteiger partial charge in [-0.2, -0.15) is 0 Å². The molecule has 4 atom stereocenters. The second-order valence-corrected chi connectivity index (χ2v) is 5.82. The van der Waals surface area contributed by atoms with Gasteiger partial charge in [0.2, 0.25) is 0 Å². The van der Waals surface area contributed by atoms with E-state index >= 15 is 0 Å². The van der Waals surface area contributed by atoms with Gasteiger partial charge in [0, 0.05) is 6.08 Å². The van der Waals surface area contributed by atoms with Gasteiger partial charge in [0.05, 0.1) is 18.4 Å². The normalized spacial score (nSPS) is 27.9. The fraction of sp³-hybridized carbons (Fsp3) is 0.588. The summed E-state index contributed by atoms with van der Waals surface area (Å²) in [5, 5.41) is 0. The van der Waals surface area contributed by atoms with E-state index in [2.05, 4.69) is 6.58 Å². The van der Waals surface area contributed by atoms with Crippen LogP contribution in [-0.2, 0) is 33.3 Å². The maximum absolute atomic E-state index is 12.3. The molecule has 1 fully saturated rings. The fourth-order valence-corrected chi connectivity index (χ4v) is 2.54. The van der Waals surface area contributed by atoms with Gasteiger partial charge in [-0.15, -0.1) is 0 Å². The summed E-state index contributed by atoms with van der Waals surface area (Å²) in [5.41, 5.74) is 0. The van der Waals surface area contributed by atoms with E-state index in [0.717, 1.165) is 6.08 Å². The first-order chi connectivity index (χ1) is 11.5. The molecule has 24 heavy (non-hydrogen) atoms. The van der Waals surface area contributed by atoms with Crippen LogP contribution in [0.2, 0.25) is 0 Å². The first kappa shape index (κ1) is 18.2. The van der Waals surface area contributed by atoms with Crippen LogP contribution in [-0.4, -0.2) is 50.4 Å². The predicted molar refractivity (Wildman–Crippen MR) is 82.7 cm³/mol. The predicted octanol–water partition coefficient (Wildman–Crippen LogP) is 1.03. The summed E-state index contributed by atoms with van der Waals surface area (Å²) >= 11 is 0. The molecular formula is C17H22O7. The third kappa shape index (κ3) is 5.19. The quantitative estimate of drug-likeness (QED) is 0.163. The molecule has 0 spiro atoms. The molecule has 4 unspecified atom stereocenters. The maximum Gasteiger partial charge on any atom is 0.330 e. The summed E-state index contributed by atoms with van der Waals surface area (Å²) in [6.45, 7) is 5.84. The zero-order valence-corrected chi connectivity index (χ0v) is 13.6. The Morgan fingerprint density at radius 1 is 1.21 bits per heavy atom. The summed E-state index contributed by atoms with van der Waals surface area (Å²) < 4.78 is 20.1. The van der Waals surface area contributed by atoms with Gasteiger partial charge < -0.3 is 18.9 Å². The molecule has 0 saturated carbocycles. The number of esters is 3. The molecule has 1 saturated heterocycles. The van der Waals surface area contributed by atoms with Gasteiger partial charge in [0.15, 0.2) is 0 Å². The van der Waals surface area contributed by atoms with Crippen LogP contribution in [0.3, 0.4) is 0 Å². The van der Waals surface area contributed by atoms with Crippen LogP contribution in [0.5, 0.6) is 0 Å². The Labute approximate surface area is 140 Å². The van der Waals surface area contributed by atoms with E-state index in [1.54, 1.807) is 6.08 Å². The number of rotatable bonds is 8. The molecular weight excluding hydrogens is 316 g/mol.